The first-order chi connectivity index (χ1) is 17.4. The van der Waals surface area contributed by atoms with E-state index in [0.717, 1.165) is 45.5 Å². The molecule has 0 radical (unpaired) electrons. The Morgan fingerprint density at radius 3 is 2.56 bits per heavy atom. The zero-order valence-electron chi connectivity index (χ0n) is 20.2. The average molecular weight is 501 g/mol. The number of nitrogens with one attached hydrogen (secondary N) is 1. The number of hydrogen-bond acceptors (Lipinski definition) is 4. The van der Waals surface area contributed by atoms with Crippen molar-refractivity contribution >= 4 is 23.0 Å². The number of aromatic nitrogens is 2. The molecule has 2 unspecified atom stereocenters. The number of nitrogens with zero attached hydrogens (tertiary/aromatic N) is 3. The Hall–Kier alpha value is -3.91. The molecule has 8 heteroatoms. The minimum absolute atomic E-state index is 0.185. The molecule has 1 N–H and O–H groups in total. The van der Waals surface area contributed by atoms with Crippen LogP contribution in [-0.4, -0.2) is 21.5 Å². The topological polar surface area (TPSA) is 51.6 Å². The summed E-state index contributed by atoms with van der Waals surface area (Å²) in [4.78, 5) is 6.72. The van der Waals surface area contributed by atoms with Gasteiger partial charge in [-0.1, -0.05) is 6.07 Å². The van der Waals surface area contributed by atoms with Gasteiger partial charge in [0.05, 0.1) is 17.8 Å². The van der Waals surface area contributed by atoms with Crippen LogP contribution in [0, 0.1) is 26.6 Å². The maximum absolute atomic E-state index is 14.1. The number of aryl methyl sites for hydroxylation is 2. The normalized spacial score (nSPS) is 18.6. The number of fused-ring (bicyclic) bond motifs is 1. The van der Waals surface area contributed by atoms with Crippen molar-refractivity contribution in [3.8, 4) is 17.2 Å². The number of thiocarbonyl (C=S) groups is 1. The standard InChI is InChI=1S/C28H25FN4O2S/c1-16-12-19(7-9-22(16)29)33-27(26(31-28(33)36)23-6-4-5-11-30-23)21-13-17(2)32(18(21)3)20-8-10-24-25(14-20)35-15-34-24/h4-14,26-27H,15H2,1-3H3,(H,31,36). The summed E-state index contributed by atoms with van der Waals surface area (Å²) in [7, 11) is 0. The summed E-state index contributed by atoms with van der Waals surface area (Å²) >= 11 is 5.84. The summed E-state index contributed by atoms with van der Waals surface area (Å²) in [6, 6.07) is 18.8. The van der Waals surface area contributed by atoms with E-state index in [1.807, 2.05) is 42.5 Å². The number of hydrogen-bond donors (Lipinski definition) is 1. The van der Waals surface area contributed by atoms with Gasteiger partial charge in [-0.25, -0.2) is 4.39 Å². The first kappa shape index (κ1) is 22.5. The van der Waals surface area contributed by atoms with Gasteiger partial charge in [0.2, 0.25) is 6.79 Å². The second kappa shape index (κ2) is 8.64. The minimum atomic E-state index is -0.240. The highest BCUT2D eigenvalue weighted by atomic mass is 32.1. The molecule has 4 aromatic rings. The van der Waals surface area contributed by atoms with E-state index in [0.29, 0.717) is 10.7 Å². The number of ether oxygens (including phenoxy) is 2. The molecular weight excluding hydrogens is 475 g/mol. The number of anilines is 1. The summed E-state index contributed by atoms with van der Waals surface area (Å²) < 4.78 is 27.5. The van der Waals surface area contributed by atoms with Gasteiger partial charge in [0, 0.05) is 35.0 Å². The fourth-order valence-electron chi connectivity index (χ4n) is 5.24. The third-order valence-corrected chi connectivity index (χ3v) is 7.24. The molecule has 4 heterocycles. The lowest BCUT2D eigenvalue weighted by Crippen LogP contribution is -2.29. The molecule has 0 spiro atoms. The summed E-state index contributed by atoms with van der Waals surface area (Å²) in [6.07, 6.45) is 1.79. The maximum atomic E-state index is 14.1. The Morgan fingerprint density at radius 1 is 0.972 bits per heavy atom. The van der Waals surface area contributed by atoms with E-state index in [1.165, 1.54) is 6.07 Å². The largest absolute Gasteiger partial charge is 0.454 e. The van der Waals surface area contributed by atoms with Crippen LogP contribution in [0.1, 0.15) is 40.3 Å². The van der Waals surface area contributed by atoms with Crippen LogP contribution in [0.3, 0.4) is 0 Å². The fourth-order valence-corrected chi connectivity index (χ4v) is 5.58. The summed E-state index contributed by atoms with van der Waals surface area (Å²) in [5.41, 5.74) is 6.55. The van der Waals surface area contributed by atoms with E-state index in [1.54, 1.807) is 19.2 Å². The van der Waals surface area contributed by atoms with Gasteiger partial charge in [-0.3, -0.25) is 4.98 Å². The van der Waals surface area contributed by atoms with Gasteiger partial charge < -0.3 is 24.3 Å². The van der Waals surface area contributed by atoms with E-state index in [2.05, 4.69) is 39.7 Å². The Morgan fingerprint density at radius 2 is 1.78 bits per heavy atom. The summed E-state index contributed by atoms with van der Waals surface area (Å²) in [6.45, 7) is 6.20. The van der Waals surface area contributed by atoms with E-state index < -0.39 is 0 Å². The number of benzene rings is 2. The molecule has 0 saturated carbocycles. The molecule has 182 valence electrons. The molecule has 2 aromatic carbocycles. The Labute approximate surface area is 214 Å². The fraction of sp³-hybridized carbons (Fsp3) is 0.214. The highest BCUT2D eigenvalue weighted by Crippen LogP contribution is 2.44. The molecular formula is C28H25FN4O2S. The van der Waals surface area contributed by atoms with E-state index in [-0.39, 0.29) is 24.7 Å². The molecule has 0 amide bonds. The van der Waals surface area contributed by atoms with Crippen LogP contribution in [0.5, 0.6) is 11.5 Å². The molecule has 2 aliphatic heterocycles. The van der Waals surface area contributed by atoms with Crippen LogP contribution in [0.25, 0.3) is 5.69 Å². The second-order valence-electron chi connectivity index (χ2n) is 9.13. The quantitative estimate of drug-likeness (QED) is 0.355. The highest BCUT2D eigenvalue weighted by molar-refractivity contribution is 7.80. The van der Waals surface area contributed by atoms with Crippen molar-refractivity contribution in [2.45, 2.75) is 32.9 Å². The molecule has 2 aliphatic rings. The van der Waals surface area contributed by atoms with Crippen molar-refractivity contribution in [2.24, 2.45) is 0 Å². The Kier molecular flexibility index (Phi) is 5.41. The van der Waals surface area contributed by atoms with Gasteiger partial charge in [0.15, 0.2) is 16.6 Å². The predicted molar refractivity (Wildman–Crippen MR) is 140 cm³/mol. The highest BCUT2D eigenvalue weighted by Gasteiger charge is 2.42. The third-order valence-electron chi connectivity index (χ3n) is 6.92. The van der Waals surface area contributed by atoms with Crippen molar-refractivity contribution in [3.05, 3.63) is 101 Å². The van der Waals surface area contributed by atoms with Crippen LogP contribution < -0.4 is 19.7 Å². The molecule has 36 heavy (non-hydrogen) atoms. The second-order valence-corrected chi connectivity index (χ2v) is 9.52. The monoisotopic (exact) mass is 500 g/mol. The Balaban J connectivity index is 1.50. The van der Waals surface area contributed by atoms with Crippen LogP contribution in [0.15, 0.2) is 66.9 Å². The predicted octanol–water partition coefficient (Wildman–Crippen LogP) is 5.84. The van der Waals surface area contributed by atoms with Crippen molar-refractivity contribution in [1.29, 1.82) is 0 Å². The van der Waals surface area contributed by atoms with Crippen molar-refractivity contribution in [2.75, 3.05) is 11.7 Å². The van der Waals surface area contributed by atoms with Gasteiger partial charge in [-0.15, -0.1) is 0 Å². The lowest BCUT2D eigenvalue weighted by Gasteiger charge is -2.28. The number of pyridine rings is 1. The van der Waals surface area contributed by atoms with Gasteiger partial charge in [0.25, 0.3) is 0 Å². The SMILES string of the molecule is Cc1cc(N2C(=S)NC(c3ccccn3)C2c2cc(C)n(-c3ccc4c(c3)OCO4)c2C)ccc1F. The zero-order valence-corrected chi connectivity index (χ0v) is 21.0. The van der Waals surface area contributed by atoms with E-state index in [9.17, 15) is 4.39 Å². The van der Waals surface area contributed by atoms with E-state index in [4.69, 9.17) is 21.7 Å². The third kappa shape index (κ3) is 3.60. The lowest BCUT2D eigenvalue weighted by molar-refractivity contribution is 0.174. The zero-order chi connectivity index (χ0) is 25.0. The minimum Gasteiger partial charge on any atom is -0.454 e. The molecule has 0 aliphatic carbocycles. The van der Waals surface area contributed by atoms with Crippen LogP contribution in [0.4, 0.5) is 10.1 Å². The van der Waals surface area contributed by atoms with Gasteiger partial charge in [-0.05, 0) is 92.6 Å². The van der Waals surface area contributed by atoms with Crippen molar-refractivity contribution in [3.63, 3.8) is 0 Å². The van der Waals surface area contributed by atoms with E-state index >= 15 is 0 Å². The van der Waals surface area contributed by atoms with Crippen molar-refractivity contribution in [1.82, 2.24) is 14.9 Å². The summed E-state index contributed by atoms with van der Waals surface area (Å²) in [5, 5.41) is 4.06. The lowest BCUT2D eigenvalue weighted by atomic mass is 9.96. The van der Waals surface area contributed by atoms with Crippen LogP contribution in [0.2, 0.25) is 0 Å². The first-order valence-electron chi connectivity index (χ1n) is 11.8. The molecule has 1 fully saturated rings. The molecule has 1 saturated heterocycles. The molecule has 6 rings (SSSR count). The number of halogens is 1. The molecule has 2 atom stereocenters. The van der Waals surface area contributed by atoms with Crippen LogP contribution in [-0.2, 0) is 0 Å². The average Bonchev–Trinajstić information content (AvgIpc) is 3.56. The maximum Gasteiger partial charge on any atom is 0.231 e. The smallest absolute Gasteiger partial charge is 0.231 e. The molecule has 0 bridgehead atoms. The number of rotatable bonds is 4. The van der Waals surface area contributed by atoms with Gasteiger partial charge >= 0.3 is 0 Å². The van der Waals surface area contributed by atoms with Gasteiger partial charge in [-0.2, -0.15) is 0 Å². The molecule has 2 aromatic heterocycles. The van der Waals surface area contributed by atoms with Crippen LogP contribution >= 0.6 is 12.2 Å². The van der Waals surface area contributed by atoms with Gasteiger partial charge in [0.1, 0.15) is 5.82 Å². The Bertz CT molecular complexity index is 1490. The van der Waals surface area contributed by atoms with Crippen molar-refractivity contribution < 1.29 is 13.9 Å². The summed E-state index contributed by atoms with van der Waals surface area (Å²) in [5.74, 6) is 1.25. The molecule has 6 nitrogen and oxygen atoms in total. The first-order valence-corrected chi connectivity index (χ1v) is 12.2.